The van der Waals surface area contributed by atoms with E-state index in [2.05, 4.69) is 22.2 Å². The van der Waals surface area contributed by atoms with Gasteiger partial charge in [0.15, 0.2) is 0 Å². The first kappa shape index (κ1) is 16.8. The van der Waals surface area contributed by atoms with E-state index in [0.29, 0.717) is 36.2 Å². The number of rotatable bonds is 3. The van der Waals surface area contributed by atoms with Crippen LogP contribution in [0.5, 0.6) is 0 Å². The van der Waals surface area contributed by atoms with Gasteiger partial charge in [-0.05, 0) is 50.5 Å². The molecule has 0 spiro atoms. The Kier molecular flexibility index (Phi) is 4.45. The maximum Gasteiger partial charge on any atom is 0.223 e. The second kappa shape index (κ2) is 6.10. The van der Waals surface area contributed by atoms with E-state index in [1.165, 1.54) is 24.1 Å². The van der Waals surface area contributed by atoms with Crippen molar-refractivity contribution in [2.24, 2.45) is 18.9 Å². The molecule has 0 aliphatic carbocycles. The van der Waals surface area contributed by atoms with Gasteiger partial charge in [-0.15, -0.1) is 12.4 Å². The third-order valence-corrected chi connectivity index (χ3v) is 6.31. The SMILES string of the molecule is Cc1nn(C)c(C)c1CCC(=O)N1[C@@H]2CC[C@H]1[C@H]1CNC[C@H]12.Cl. The van der Waals surface area contributed by atoms with Gasteiger partial charge in [-0.2, -0.15) is 5.10 Å². The Bertz CT molecular complexity index is 596. The van der Waals surface area contributed by atoms with E-state index in [1.807, 2.05) is 18.7 Å². The molecule has 23 heavy (non-hydrogen) atoms. The molecule has 6 heteroatoms. The molecule has 5 nitrogen and oxygen atoms in total. The first-order valence-corrected chi connectivity index (χ1v) is 8.59. The Morgan fingerprint density at radius 1 is 1.22 bits per heavy atom. The molecule has 1 aromatic heterocycles. The zero-order valence-corrected chi connectivity index (χ0v) is 15.0. The van der Waals surface area contributed by atoms with Crippen LogP contribution in [0.15, 0.2) is 0 Å². The maximum atomic E-state index is 12.8. The minimum Gasteiger partial charge on any atom is -0.336 e. The van der Waals surface area contributed by atoms with Crippen molar-refractivity contribution in [2.45, 2.75) is 51.6 Å². The van der Waals surface area contributed by atoms with Crippen LogP contribution in [-0.2, 0) is 18.3 Å². The lowest BCUT2D eigenvalue weighted by Crippen LogP contribution is -2.39. The van der Waals surface area contributed by atoms with Gasteiger partial charge in [0.2, 0.25) is 5.91 Å². The van der Waals surface area contributed by atoms with E-state index in [4.69, 9.17) is 0 Å². The van der Waals surface area contributed by atoms with Crippen molar-refractivity contribution in [3.63, 3.8) is 0 Å². The van der Waals surface area contributed by atoms with Crippen LogP contribution < -0.4 is 5.32 Å². The summed E-state index contributed by atoms with van der Waals surface area (Å²) in [5.74, 6) is 1.79. The number of hydrogen-bond acceptors (Lipinski definition) is 3. The molecule has 0 unspecified atom stereocenters. The standard InChI is InChI=1S/C17H26N4O.ClH/c1-10-12(11(2)20(3)19-10)4-7-17(22)21-15-5-6-16(21)14-9-18-8-13(14)15;/h13-16,18H,4-9H2,1-3H3;1H/t13-,14+,15-,16+;. The summed E-state index contributed by atoms with van der Waals surface area (Å²) in [6.07, 6.45) is 3.88. The summed E-state index contributed by atoms with van der Waals surface area (Å²) in [4.78, 5) is 15.1. The van der Waals surface area contributed by atoms with Gasteiger partial charge in [0.25, 0.3) is 0 Å². The summed E-state index contributed by atoms with van der Waals surface area (Å²) < 4.78 is 1.92. The molecule has 0 radical (unpaired) electrons. The van der Waals surface area contributed by atoms with E-state index in [1.54, 1.807) is 0 Å². The molecule has 0 aromatic carbocycles. The molecule has 3 fully saturated rings. The summed E-state index contributed by atoms with van der Waals surface area (Å²) in [6.45, 7) is 6.35. The fraction of sp³-hybridized carbons (Fsp3) is 0.765. The van der Waals surface area contributed by atoms with Crippen molar-refractivity contribution in [2.75, 3.05) is 13.1 Å². The maximum absolute atomic E-state index is 12.8. The van der Waals surface area contributed by atoms with Gasteiger partial charge in [0, 0.05) is 44.3 Å². The summed E-state index contributed by atoms with van der Waals surface area (Å²) in [6, 6.07) is 1.02. The first-order valence-electron chi connectivity index (χ1n) is 8.59. The minimum absolute atomic E-state index is 0. The number of halogens is 1. The summed E-state index contributed by atoms with van der Waals surface area (Å²) in [7, 11) is 1.97. The average Bonchev–Trinajstić information content (AvgIpc) is 3.21. The quantitative estimate of drug-likeness (QED) is 0.910. The largest absolute Gasteiger partial charge is 0.336 e. The lowest BCUT2D eigenvalue weighted by Gasteiger charge is -2.24. The van der Waals surface area contributed by atoms with Crippen molar-refractivity contribution >= 4 is 18.3 Å². The molecule has 4 atom stereocenters. The zero-order chi connectivity index (χ0) is 15.4. The van der Waals surface area contributed by atoms with Crippen LogP contribution in [-0.4, -0.2) is 45.8 Å². The van der Waals surface area contributed by atoms with Crippen LogP contribution in [0.3, 0.4) is 0 Å². The number of aryl methyl sites for hydroxylation is 2. The van der Waals surface area contributed by atoms with E-state index in [-0.39, 0.29) is 12.4 Å². The highest BCUT2D eigenvalue weighted by Crippen LogP contribution is 2.47. The molecular formula is C17H27ClN4O. The lowest BCUT2D eigenvalue weighted by molar-refractivity contribution is -0.132. The smallest absolute Gasteiger partial charge is 0.223 e. The molecule has 128 valence electrons. The van der Waals surface area contributed by atoms with Crippen molar-refractivity contribution < 1.29 is 4.79 Å². The minimum atomic E-state index is 0. The number of aromatic nitrogens is 2. The molecule has 4 rings (SSSR count). The van der Waals surface area contributed by atoms with Gasteiger partial charge < -0.3 is 10.2 Å². The molecule has 0 saturated carbocycles. The molecule has 3 aliphatic heterocycles. The van der Waals surface area contributed by atoms with Crippen LogP contribution in [0, 0.1) is 25.7 Å². The van der Waals surface area contributed by atoms with Crippen molar-refractivity contribution in [1.82, 2.24) is 20.0 Å². The highest BCUT2D eigenvalue weighted by atomic mass is 35.5. The monoisotopic (exact) mass is 338 g/mol. The fourth-order valence-corrected chi connectivity index (χ4v) is 5.18. The normalized spacial score (nSPS) is 31.3. The van der Waals surface area contributed by atoms with Gasteiger partial charge in [-0.1, -0.05) is 0 Å². The second-order valence-electron chi connectivity index (χ2n) is 7.27. The van der Waals surface area contributed by atoms with E-state index in [9.17, 15) is 4.79 Å². The average molecular weight is 339 g/mol. The third-order valence-electron chi connectivity index (χ3n) is 6.31. The Labute approximate surface area is 144 Å². The second-order valence-corrected chi connectivity index (χ2v) is 7.27. The van der Waals surface area contributed by atoms with Gasteiger partial charge >= 0.3 is 0 Å². The summed E-state index contributed by atoms with van der Waals surface area (Å²) >= 11 is 0. The van der Waals surface area contributed by atoms with Gasteiger partial charge in [-0.25, -0.2) is 0 Å². The molecule has 3 aliphatic rings. The number of hydrogen-bond donors (Lipinski definition) is 1. The van der Waals surface area contributed by atoms with Crippen LogP contribution in [0.25, 0.3) is 0 Å². The number of carbonyl (C=O) groups excluding carboxylic acids is 1. The lowest BCUT2D eigenvalue weighted by atomic mass is 9.82. The van der Waals surface area contributed by atoms with Crippen LogP contribution in [0.4, 0.5) is 0 Å². The number of nitrogens with zero attached hydrogens (tertiary/aromatic N) is 3. The predicted octanol–water partition coefficient (Wildman–Crippen LogP) is 1.60. The predicted molar refractivity (Wildman–Crippen MR) is 91.8 cm³/mol. The molecule has 2 bridgehead atoms. The van der Waals surface area contributed by atoms with Crippen molar-refractivity contribution in [3.05, 3.63) is 17.0 Å². The number of carbonyl (C=O) groups is 1. The Balaban J connectivity index is 0.00000156. The van der Waals surface area contributed by atoms with Crippen LogP contribution >= 0.6 is 12.4 Å². The molecular weight excluding hydrogens is 312 g/mol. The summed E-state index contributed by atoms with van der Waals surface area (Å²) in [5.41, 5.74) is 3.51. The molecule has 4 heterocycles. The Morgan fingerprint density at radius 3 is 2.35 bits per heavy atom. The number of fused-ring (bicyclic) bond motifs is 5. The molecule has 3 saturated heterocycles. The first-order chi connectivity index (χ1) is 10.6. The van der Waals surface area contributed by atoms with Gasteiger partial charge in [-0.3, -0.25) is 9.48 Å². The van der Waals surface area contributed by atoms with E-state index < -0.39 is 0 Å². The Morgan fingerprint density at radius 2 is 1.83 bits per heavy atom. The van der Waals surface area contributed by atoms with Gasteiger partial charge in [0.1, 0.15) is 0 Å². The van der Waals surface area contributed by atoms with E-state index in [0.717, 1.165) is 25.2 Å². The molecule has 1 aromatic rings. The summed E-state index contributed by atoms with van der Waals surface area (Å²) in [5, 5.41) is 7.97. The fourth-order valence-electron chi connectivity index (χ4n) is 5.18. The highest BCUT2D eigenvalue weighted by Gasteiger charge is 2.55. The third kappa shape index (κ3) is 2.49. The number of amides is 1. The topological polar surface area (TPSA) is 50.2 Å². The molecule has 1 amide bonds. The Hall–Kier alpha value is -1.07. The van der Waals surface area contributed by atoms with Crippen LogP contribution in [0.2, 0.25) is 0 Å². The van der Waals surface area contributed by atoms with Gasteiger partial charge in [0.05, 0.1) is 5.69 Å². The number of nitrogens with one attached hydrogen (secondary N) is 1. The van der Waals surface area contributed by atoms with Crippen molar-refractivity contribution in [1.29, 1.82) is 0 Å². The van der Waals surface area contributed by atoms with Crippen molar-refractivity contribution in [3.8, 4) is 0 Å². The van der Waals surface area contributed by atoms with Crippen LogP contribution in [0.1, 0.15) is 36.2 Å². The zero-order valence-electron chi connectivity index (χ0n) is 14.2. The van der Waals surface area contributed by atoms with E-state index >= 15 is 0 Å². The molecule has 1 N–H and O–H groups in total. The highest BCUT2D eigenvalue weighted by molar-refractivity contribution is 5.85.